The van der Waals surface area contributed by atoms with Crippen molar-refractivity contribution in [2.24, 2.45) is 0 Å². The van der Waals surface area contributed by atoms with Crippen molar-refractivity contribution in [1.29, 1.82) is 0 Å². The van der Waals surface area contributed by atoms with E-state index in [-0.39, 0.29) is 0 Å². The van der Waals surface area contributed by atoms with Crippen LogP contribution in [0.4, 0.5) is 0 Å². The molecule has 0 aliphatic heterocycles. The maximum atomic E-state index is 2.63. The lowest BCUT2D eigenvalue weighted by molar-refractivity contribution is 1.92. The molecule has 0 aliphatic rings. The van der Waals surface area contributed by atoms with Gasteiger partial charge in [0, 0.05) is 308 Å². The van der Waals surface area contributed by atoms with Gasteiger partial charge in [0.25, 0.3) is 0 Å². The molecule has 72 heavy (non-hydrogen) atoms. The van der Waals surface area contributed by atoms with Gasteiger partial charge in [0.1, 0.15) is 0 Å². The molecule has 0 aromatic rings. The van der Waals surface area contributed by atoms with Gasteiger partial charge >= 0.3 is 0 Å². The van der Waals surface area contributed by atoms with Crippen LogP contribution >= 0.6 is 0 Å². The van der Waals surface area contributed by atoms with Crippen LogP contribution in [0.1, 0.15) is 13.8 Å². The van der Waals surface area contributed by atoms with Gasteiger partial charge in [0.15, 0.2) is 0 Å². The van der Waals surface area contributed by atoms with Crippen LogP contribution in [0.15, 0.2) is 0 Å². The molecule has 0 aromatic carbocycles. The van der Waals surface area contributed by atoms with Crippen molar-refractivity contribution >= 4 is 0 Å². The number of rotatable bonds is 0. The van der Waals surface area contributed by atoms with Crippen molar-refractivity contribution in [2.45, 2.75) is 13.8 Å². The van der Waals surface area contributed by atoms with Gasteiger partial charge < -0.3 is 0 Å². The van der Waals surface area contributed by atoms with E-state index in [1.165, 1.54) is 0 Å². The van der Waals surface area contributed by atoms with E-state index in [1.807, 2.05) is 0 Å². The number of hydrogen-bond acceptors (Lipinski definition) is 0. The van der Waals surface area contributed by atoms with E-state index in [4.69, 9.17) is 0 Å². The van der Waals surface area contributed by atoms with Gasteiger partial charge in [-0.1, -0.05) is 11.8 Å². The van der Waals surface area contributed by atoms with Gasteiger partial charge in [-0.15, -0.1) is 0 Å². The normalized spacial score (nSPS) is 3.97. The van der Waals surface area contributed by atoms with E-state index in [0.717, 1.165) is 0 Å². The van der Waals surface area contributed by atoms with Crippen molar-refractivity contribution in [1.82, 2.24) is 0 Å². The fourth-order valence-electron chi connectivity index (χ4n) is 2.19. The van der Waals surface area contributed by atoms with E-state index in [1.54, 1.807) is 13.8 Å². The Kier molecular flexibility index (Phi) is 43.7. The first-order chi connectivity index (χ1) is 35.9. The molecule has 0 amide bonds. The van der Waals surface area contributed by atoms with E-state index in [2.05, 4.69) is 414 Å². The van der Waals surface area contributed by atoms with Crippen LogP contribution in [0, 0.1) is 414 Å². The summed E-state index contributed by atoms with van der Waals surface area (Å²) in [5.74, 6) is 176. The van der Waals surface area contributed by atoms with Crippen LogP contribution in [-0.2, 0) is 0 Å². The molecule has 0 fully saturated rings. The lowest BCUT2D eigenvalue weighted by Crippen LogP contribution is -1.57. The van der Waals surface area contributed by atoms with Gasteiger partial charge in [-0.05, 0) is 109 Å². The molecule has 0 N–H and O–H groups in total. The maximum absolute atomic E-state index is 2.63. The van der Waals surface area contributed by atoms with Gasteiger partial charge in [-0.3, -0.25) is 0 Å². The average molecular weight is 871 g/mol. The van der Waals surface area contributed by atoms with Gasteiger partial charge in [0.05, 0.1) is 0 Å². The van der Waals surface area contributed by atoms with Crippen LogP contribution in [0.25, 0.3) is 0 Å². The zero-order valence-corrected chi connectivity index (χ0v) is 37.0. The second-order valence-electron chi connectivity index (χ2n) is 9.00. The lowest BCUT2D eigenvalue weighted by atomic mass is 10.4. The van der Waals surface area contributed by atoms with Crippen molar-refractivity contribution in [3.8, 4) is 414 Å². The molecular weight excluding hydrogens is 865 g/mol. The fraction of sp³-hybridized carbons (Fsp3) is 0.0278. The minimum atomic E-state index is 1.68. The fourth-order valence-corrected chi connectivity index (χ4v) is 2.19. The first-order valence-electron chi connectivity index (χ1n) is 18.2. The Bertz CT molecular complexity index is 4420. The minimum absolute atomic E-state index is 1.68. The maximum Gasteiger partial charge on any atom is 0 e. The molecule has 0 atom stereocenters. The van der Waals surface area contributed by atoms with Crippen LogP contribution in [0.2, 0.25) is 0 Å². The van der Waals surface area contributed by atoms with E-state index in [0.29, 0.717) is 0 Å². The van der Waals surface area contributed by atoms with Crippen LogP contribution in [-0.4, -0.2) is 0 Å². The molecule has 0 unspecified atom stereocenters. The SMILES string of the molecule is CC#CC#CC#CC#CC#CC#CC#CC#CC#CC#CC#CC#CC#CC#CC#CC#CC#CC#CC#CC#CC#CC#CC#CC#CC#CC#CC#CC#CC#CC#CC#CC#CC#CC#CC#CC. The summed E-state index contributed by atoms with van der Waals surface area (Å²) in [5.41, 5.74) is 0. The highest BCUT2D eigenvalue weighted by atomic mass is 13.7. The third kappa shape index (κ3) is 54.6. The topological polar surface area (TPSA) is 0 Å². The Morgan fingerprint density at radius 2 is 0.111 bits per heavy atom. The summed E-state index contributed by atoms with van der Waals surface area (Å²) in [7, 11) is 0. The Balaban J connectivity index is 4.61. The van der Waals surface area contributed by atoms with Crippen molar-refractivity contribution in [3.05, 3.63) is 0 Å². The highest BCUT2D eigenvalue weighted by Gasteiger charge is 1.64. The van der Waals surface area contributed by atoms with Gasteiger partial charge in [-0.2, -0.15) is 0 Å². The summed E-state index contributed by atoms with van der Waals surface area (Å²) < 4.78 is 0. The molecule has 0 saturated heterocycles. The van der Waals surface area contributed by atoms with Crippen molar-refractivity contribution in [2.75, 3.05) is 0 Å². The van der Waals surface area contributed by atoms with Crippen LogP contribution in [0.3, 0.4) is 0 Å². The standard InChI is InChI=1S/C72H6/c1-3-5-7-9-11-13-15-17-19-21-23-25-27-29-31-33-35-37-39-41-43-45-47-49-51-53-55-57-59-61-63-65-67-69-71-72-70-68-66-64-62-60-58-56-54-52-50-48-46-44-42-40-38-36-34-32-30-28-26-24-22-20-18-16-14-12-10-8-6-4-2/h1-2H3. The van der Waals surface area contributed by atoms with Gasteiger partial charge in [-0.25, -0.2) is 0 Å². The molecular formula is C72H6. The molecule has 0 heterocycles. The molecule has 0 spiro atoms. The highest BCUT2D eigenvalue weighted by Crippen LogP contribution is 1.64. The Hall–Kier alpha value is -15.4. The molecule has 0 aromatic heterocycles. The summed E-state index contributed by atoms with van der Waals surface area (Å²) in [5, 5.41) is 0. The predicted molar refractivity (Wildman–Crippen MR) is 284 cm³/mol. The Morgan fingerprint density at radius 1 is 0.0694 bits per heavy atom. The molecule has 0 saturated carbocycles. The van der Waals surface area contributed by atoms with Crippen LogP contribution in [0.5, 0.6) is 0 Å². The quantitative estimate of drug-likeness (QED) is 0.321. The predicted octanol–water partition coefficient (Wildman–Crippen LogP) is 1.15. The molecule has 0 radical (unpaired) electrons. The zero-order chi connectivity index (χ0) is 51.5. The molecule has 294 valence electrons. The largest absolute Gasteiger partial charge is 0.0925 e. The summed E-state index contributed by atoms with van der Waals surface area (Å²) in [6.45, 7) is 3.37. The monoisotopic (exact) mass is 870 g/mol. The smallest absolute Gasteiger partial charge is 0 e. The van der Waals surface area contributed by atoms with E-state index in [9.17, 15) is 0 Å². The molecule has 0 nitrogen and oxygen atoms in total. The minimum Gasteiger partial charge on any atom is -0.0925 e. The van der Waals surface area contributed by atoms with E-state index >= 15 is 0 Å². The third-order valence-electron chi connectivity index (χ3n) is 4.44. The molecule has 0 heteroatoms. The Morgan fingerprint density at radius 3 is 0.153 bits per heavy atom. The molecule has 0 bridgehead atoms. The second kappa shape index (κ2) is 55.6. The summed E-state index contributed by atoms with van der Waals surface area (Å²) >= 11 is 0. The highest BCUT2D eigenvalue weighted by molar-refractivity contribution is 5.53. The second-order valence-corrected chi connectivity index (χ2v) is 9.00. The lowest BCUT2D eigenvalue weighted by Gasteiger charge is -1.58. The van der Waals surface area contributed by atoms with Crippen molar-refractivity contribution in [3.63, 3.8) is 0 Å². The molecule has 0 aliphatic carbocycles. The zero-order valence-electron chi connectivity index (χ0n) is 37.0. The first kappa shape index (κ1) is 56.6. The summed E-state index contributed by atoms with van der Waals surface area (Å²) in [6, 6.07) is 0. The van der Waals surface area contributed by atoms with Gasteiger partial charge in [0.2, 0.25) is 0 Å². The molecule has 0 rings (SSSR count). The summed E-state index contributed by atoms with van der Waals surface area (Å²) in [4.78, 5) is 0. The first-order valence-corrected chi connectivity index (χ1v) is 18.2. The van der Waals surface area contributed by atoms with Crippen LogP contribution < -0.4 is 0 Å². The summed E-state index contributed by atoms with van der Waals surface area (Å²) in [6.07, 6.45) is 0. The van der Waals surface area contributed by atoms with Crippen molar-refractivity contribution < 1.29 is 0 Å². The third-order valence-corrected chi connectivity index (χ3v) is 4.44. The Labute approximate surface area is 426 Å². The number of hydrogen-bond donors (Lipinski definition) is 0. The average Bonchev–Trinajstić information content (AvgIpc) is 3.39. The van der Waals surface area contributed by atoms with E-state index < -0.39 is 0 Å².